The number of rotatable bonds is 2. The Morgan fingerprint density at radius 1 is 1.31 bits per heavy atom. The highest BCUT2D eigenvalue weighted by atomic mass is 16.2. The molecule has 1 aromatic rings. The van der Waals surface area contributed by atoms with Crippen LogP contribution >= 0.6 is 0 Å². The van der Waals surface area contributed by atoms with Gasteiger partial charge in [0.05, 0.1) is 0 Å². The Kier molecular flexibility index (Phi) is 3.04. The van der Waals surface area contributed by atoms with Crippen molar-refractivity contribution in [1.82, 2.24) is 4.90 Å². The molecule has 0 spiro atoms. The van der Waals surface area contributed by atoms with E-state index in [1.807, 2.05) is 18.7 Å². The first-order valence-corrected chi connectivity index (χ1v) is 5.71. The van der Waals surface area contributed by atoms with Crippen molar-refractivity contribution in [3.8, 4) is 0 Å². The SMILES string of the molecule is [B]c1c(C)cc(CN2CCCC2=O)cc1C. The van der Waals surface area contributed by atoms with Crippen molar-refractivity contribution >= 4 is 19.2 Å². The van der Waals surface area contributed by atoms with Crippen LogP contribution in [0.1, 0.15) is 29.5 Å². The number of hydrogen-bond donors (Lipinski definition) is 0. The maximum atomic E-state index is 11.5. The van der Waals surface area contributed by atoms with Crippen molar-refractivity contribution in [2.24, 2.45) is 0 Å². The Morgan fingerprint density at radius 2 is 1.94 bits per heavy atom. The Bertz CT molecular complexity index is 405. The quantitative estimate of drug-likeness (QED) is 0.676. The molecule has 3 heteroatoms. The summed E-state index contributed by atoms with van der Waals surface area (Å²) in [6.07, 6.45) is 1.69. The average Bonchev–Trinajstić information content (AvgIpc) is 2.61. The molecule has 1 fully saturated rings. The molecule has 0 unspecified atom stereocenters. The molecule has 1 aliphatic rings. The smallest absolute Gasteiger partial charge is 0.222 e. The lowest BCUT2D eigenvalue weighted by molar-refractivity contribution is -0.128. The predicted molar refractivity (Wildman–Crippen MR) is 66.0 cm³/mol. The number of likely N-dealkylation sites (tertiary alicyclic amines) is 1. The third-order valence-electron chi connectivity index (χ3n) is 3.20. The monoisotopic (exact) mass is 213 g/mol. The van der Waals surface area contributed by atoms with Gasteiger partial charge >= 0.3 is 0 Å². The summed E-state index contributed by atoms with van der Waals surface area (Å²) >= 11 is 0. The topological polar surface area (TPSA) is 20.3 Å². The van der Waals surface area contributed by atoms with Gasteiger partial charge in [-0.1, -0.05) is 28.7 Å². The first-order chi connectivity index (χ1) is 7.58. The summed E-state index contributed by atoms with van der Waals surface area (Å²) in [4.78, 5) is 13.4. The van der Waals surface area contributed by atoms with Gasteiger partial charge in [0.25, 0.3) is 0 Å². The van der Waals surface area contributed by atoms with E-state index in [1.54, 1.807) is 0 Å². The third-order valence-corrected chi connectivity index (χ3v) is 3.20. The Hall–Kier alpha value is -1.25. The summed E-state index contributed by atoms with van der Waals surface area (Å²) < 4.78 is 0. The molecule has 1 amide bonds. The number of aryl methyl sites for hydroxylation is 2. The van der Waals surface area contributed by atoms with Crippen LogP contribution in [0.4, 0.5) is 0 Å². The van der Waals surface area contributed by atoms with E-state index in [2.05, 4.69) is 12.1 Å². The summed E-state index contributed by atoms with van der Waals surface area (Å²) in [7, 11) is 5.91. The van der Waals surface area contributed by atoms with Gasteiger partial charge < -0.3 is 4.90 Å². The molecule has 1 heterocycles. The molecule has 0 aliphatic carbocycles. The lowest BCUT2D eigenvalue weighted by Crippen LogP contribution is -2.24. The molecule has 0 atom stereocenters. The first-order valence-electron chi connectivity index (χ1n) is 5.71. The van der Waals surface area contributed by atoms with Gasteiger partial charge in [-0.3, -0.25) is 4.79 Å². The number of carbonyl (C=O) groups excluding carboxylic acids is 1. The van der Waals surface area contributed by atoms with Gasteiger partial charge in [0.2, 0.25) is 5.91 Å². The average molecular weight is 213 g/mol. The van der Waals surface area contributed by atoms with Crippen LogP contribution < -0.4 is 5.46 Å². The van der Waals surface area contributed by atoms with Crippen LogP contribution in [-0.4, -0.2) is 25.2 Å². The zero-order chi connectivity index (χ0) is 11.7. The van der Waals surface area contributed by atoms with Crippen LogP contribution in [0.3, 0.4) is 0 Å². The molecule has 1 aliphatic heterocycles. The second-order valence-corrected chi connectivity index (χ2v) is 4.56. The van der Waals surface area contributed by atoms with E-state index in [9.17, 15) is 4.79 Å². The normalized spacial score (nSPS) is 15.9. The van der Waals surface area contributed by atoms with Crippen molar-refractivity contribution < 1.29 is 4.79 Å². The van der Waals surface area contributed by atoms with Crippen LogP contribution in [0.15, 0.2) is 12.1 Å². The van der Waals surface area contributed by atoms with E-state index in [0.717, 1.165) is 36.1 Å². The lowest BCUT2D eigenvalue weighted by atomic mass is 9.85. The van der Waals surface area contributed by atoms with Gasteiger partial charge in [-0.2, -0.15) is 0 Å². The minimum absolute atomic E-state index is 0.270. The molecule has 82 valence electrons. The molecule has 16 heavy (non-hydrogen) atoms. The zero-order valence-corrected chi connectivity index (χ0v) is 9.92. The van der Waals surface area contributed by atoms with Crippen molar-refractivity contribution in [3.63, 3.8) is 0 Å². The van der Waals surface area contributed by atoms with E-state index in [1.165, 1.54) is 5.56 Å². The van der Waals surface area contributed by atoms with Crippen LogP contribution in [0.25, 0.3) is 0 Å². The van der Waals surface area contributed by atoms with E-state index in [0.29, 0.717) is 6.42 Å². The lowest BCUT2D eigenvalue weighted by Gasteiger charge is -2.17. The summed E-state index contributed by atoms with van der Waals surface area (Å²) in [5, 5.41) is 0. The highest BCUT2D eigenvalue weighted by molar-refractivity contribution is 6.34. The van der Waals surface area contributed by atoms with Gasteiger partial charge in [-0.05, 0) is 25.8 Å². The molecular formula is C13H16BNO. The zero-order valence-electron chi connectivity index (χ0n) is 9.92. The van der Waals surface area contributed by atoms with Gasteiger partial charge in [-0.25, -0.2) is 0 Å². The van der Waals surface area contributed by atoms with Crippen LogP contribution in [0.2, 0.25) is 0 Å². The summed E-state index contributed by atoms with van der Waals surface area (Å²) in [6, 6.07) is 4.15. The minimum Gasteiger partial charge on any atom is -0.338 e. The van der Waals surface area contributed by atoms with Gasteiger partial charge in [0.1, 0.15) is 7.85 Å². The van der Waals surface area contributed by atoms with Crippen LogP contribution in [-0.2, 0) is 11.3 Å². The molecule has 0 saturated carbocycles. The van der Waals surface area contributed by atoms with Gasteiger partial charge in [-0.15, -0.1) is 0 Å². The van der Waals surface area contributed by atoms with Crippen molar-refractivity contribution in [3.05, 3.63) is 28.8 Å². The van der Waals surface area contributed by atoms with E-state index >= 15 is 0 Å². The van der Waals surface area contributed by atoms with Crippen molar-refractivity contribution in [1.29, 1.82) is 0 Å². The Labute approximate surface area is 98.1 Å². The maximum Gasteiger partial charge on any atom is 0.222 e. The van der Waals surface area contributed by atoms with Crippen LogP contribution in [0, 0.1) is 13.8 Å². The highest BCUT2D eigenvalue weighted by Gasteiger charge is 2.20. The molecule has 0 aromatic heterocycles. The number of benzene rings is 1. The number of nitrogens with zero attached hydrogens (tertiary/aromatic N) is 1. The molecule has 0 bridgehead atoms. The summed E-state index contributed by atoms with van der Waals surface area (Å²) in [5.74, 6) is 0.270. The first kappa shape index (κ1) is 11.2. The standard InChI is InChI=1S/C13H16BNO/c1-9-6-11(7-10(2)13(9)14)8-15-5-3-4-12(15)16/h6-7H,3-5,8H2,1-2H3. The molecule has 0 N–H and O–H groups in total. The second kappa shape index (κ2) is 4.32. The Balaban J connectivity index is 2.18. The summed E-state index contributed by atoms with van der Waals surface area (Å²) in [6.45, 7) is 5.64. The van der Waals surface area contributed by atoms with E-state index < -0.39 is 0 Å². The van der Waals surface area contributed by atoms with Gasteiger partial charge in [0.15, 0.2) is 0 Å². The second-order valence-electron chi connectivity index (χ2n) is 4.56. The Morgan fingerprint density at radius 3 is 2.44 bits per heavy atom. The number of hydrogen-bond acceptors (Lipinski definition) is 1. The molecule has 2 nitrogen and oxygen atoms in total. The molecule has 2 rings (SSSR count). The number of carbonyl (C=O) groups is 1. The molecular weight excluding hydrogens is 197 g/mol. The fraction of sp³-hybridized carbons (Fsp3) is 0.462. The summed E-state index contributed by atoms with van der Waals surface area (Å²) in [5.41, 5.74) is 4.24. The van der Waals surface area contributed by atoms with E-state index in [4.69, 9.17) is 7.85 Å². The van der Waals surface area contributed by atoms with Gasteiger partial charge in [0, 0.05) is 19.5 Å². The molecule has 2 radical (unpaired) electrons. The molecule has 1 aromatic carbocycles. The van der Waals surface area contributed by atoms with Crippen molar-refractivity contribution in [2.75, 3.05) is 6.54 Å². The largest absolute Gasteiger partial charge is 0.338 e. The maximum absolute atomic E-state index is 11.5. The van der Waals surface area contributed by atoms with E-state index in [-0.39, 0.29) is 5.91 Å². The van der Waals surface area contributed by atoms with Crippen molar-refractivity contribution in [2.45, 2.75) is 33.2 Å². The highest BCUT2D eigenvalue weighted by Crippen LogP contribution is 2.15. The molecule has 1 saturated heterocycles. The minimum atomic E-state index is 0.270. The fourth-order valence-electron chi connectivity index (χ4n) is 2.25. The fourth-order valence-corrected chi connectivity index (χ4v) is 2.25. The predicted octanol–water partition coefficient (Wildman–Crippen LogP) is 1.22. The van der Waals surface area contributed by atoms with Crippen LogP contribution in [0.5, 0.6) is 0 Å². The third kappa shape index (κ3) is 2.13. The number of amides is 1.